The molecule has 0 radical (unpaired) electrons. The average molecular weight is 271 g/mol. The molecule has 0 spiro atoms. The fourth-order valence-electron chi connectivity index (χ4n) is 1.66. The molecule has 1 aromatic rings. The Hall–Kier alpha value is -1.16. The molecule has 1 N–H and O–H groups in total. The van der Waals surface area contributed by atoms with E-state index in [4.69, 9.17) is 0 Å². The van der Waals surface area contributed by atoms with Crippen molar-refractivity contribution in [3.63, 3.8) is 0 Å². The fourth-order valence-corrected chi connectivity index (χ4v) is 1.66. The first kappa shape index (κ1) is 15.9. The van der Waals surface area contributed by atoms with Crippen molar-refractivity contribution >= 4 is 0 Å². The lowest BCUT2D eigenvalue weighted by molar-refractivity contribution is -0.0498. The maximum absolute atomic E-state index is 12.0. The lowest BCUT2D eigenvalue weighted by Gasteiger charge is -2.31. The smallest absolute Gasteiger partial charge is 0.387 e. The highest BCUT2D eigenvalue weighted by molar-refractivity contribution is 5.29. The number of nitrogens with one attached hydrogen (secondary N) is 1. The van der Waals surface area contributed by atoms with Crippen molar-refractivity contribution in [3.05, 3.63) is 29.8 Å². The van der Waals surface area contributed by atoms with Crippen LogP contribution < -0.4 is 10.1 Å². The summed E-state index contributed by atoms with van der Waals surface area (Å²) in [5.74, 6) is 0.190. The lowest BCUT2D eigenvalue weighted by Crippen LogP contribution is -2.39. The molecule has 0 saturated heterocycles. The van der Waals surface area contributed by atoms with Crippen molar-refractivity contribution in [2.45, 2.75) is 53.3 Å². The van der Waals surface area contributed by atoms with Gasteiger partial charge in [0.25, 0.3) is 0 Å². The molecular weight excluding hydrogens is 248 g/mol. The second-order valence-corrected chi connectivity index (χ2v) is 5.92. The highest BCUT2D eigenvalue weighted by Gasteiger charge is 2.21. The second kappa shape index (κ2) is 6.33. The van der Waals surface area contributed by atoms with E-state index < -0.39 is 6.61 Å². The topological polar surface area (TPSA) is 21.3 Å². The third kappa shape index (κ3) is 5.15. The van der Waals surface area contributed by atoms with Crippen LogP contribution in [0.25, 0.3) is 0 Å². The van der Waals surface area contributed by atoms with Gasteiger partial charge in [-0.25, -0.2) is 0 Å². The molecule has 0 saturated carbocycles. The Labute approximate surface area is 114 Å². The maximum atomic E-state index is 12.0. The zero-order chi connectivity index (χ0) is 14.6. The molecule has 2 atom stereocenters. The number of benzene rings is 1. The lowest BCUT2D eigenvalue weighted by atomic mass is 9.87. The van der Waals surface area contributed by atoms with Crippen LogP contribution in [-0.2, 0) is 0 Å². The Kier molecular flexibility index (Phi) is 5.29. The molecule has 0 aliphatic rings. The molecular formula is C15H23F2NO. The monoisotopic (exact) mass is 271 g/mol. The van der Waals surface area contributed by atoms with Gasteiger partial charge in [-0.05, 0) is 37.0 Å². The molecule has 108 valence electrons. The quantitative estimate of drug-likeness (QED) is 0.858. The summed E-state index contributed by atoms with van der Waals surface area (Å²) in [5.41, 5.74) is 1.23. The Morgan fingerprint density at radius 1 is 1.05 bits per heavy atom. The molecule has 0 fully saturated rings. The summed E-state index contributed by atoms with van der Waals surface area (Å²) >= 11 is 0. The minimum atomic E-state index is -2.78. The van der Waals surface area contributed by atoms with E-state index in [-0.39, 0.29) is 17.2 Å². The summed E-state index contributed by atoms with van der Waals surface area (Å²) in [7, 11) is 0. The highest BCUT2D eigenvalue weighted by Crippen LogP contribution is 2.24. The molecule has 2 unspecified atom stereocenters. The van der Waals surface area contributed by atoms with E-state index >= 15 is 0 Å². The SMILES string of the molecule is CC(NC(C)C(C)(C)C)c1ccc(OC(F)F)cc1. The van der Waals surface area contributed by atoms with E-state index in [2.05, 4.69) is 44.7 Å². The largest absolute Gasteiger partial charge is 0.435 e. The third-order valence-electron chi connectivity index (χ3n) is 3.40. The Bertz CT molecular complexity index is 384. The van der Waals surface area contributed by atoms with Crippen LogP contribution in [0, 0.1) is 5.41 Å². The summed E-state index contributed by atoms with van der Waals surface area (Å²) in [6, 6.07) is 7.27. The summed E-state index contributed by atoms with van der Waals surface area (Å²) in [4.78, 5) is 0. The van der Waals surface area contributed by atoms with E-state index in [1.54, 1.807) is 12.1 Å². The van der Waals surface area contributed by atoms with Gasteiger partial charge in [0.1, 0.15) is 5.75 Å². The van der Waals surface area contributed by atoms with E-state index in [9.17, 15) is 8.78 Å². The standard InChI is InChI=1S/C15H23F2NO/c1-10(18-11(2)15(3,4)5)12-6-8-13(9-7-12)19-14(16)17/h6-11,14,18H,1-5H3. The third-order valence-corrected chi connectivity index (χ3v) is 3.40. The average Bonchev–Trinajstić information content (AvgIpc) is 2.27. The van der Waals surface area contributed by atoms with E-state index in [1.807, 2.05) is 12.1 Å². The van der Waals surface area contributed by atoms with Crippen molar-refractivity contribution in [3.8, 4) is 5.75 Å². The predicted octanol–water partition coefficient (Wildman–Crippen LogP) is 4.37. The molecule has 0 aliphatic carbocycles. The fraction of sp³-hybridized carbons (Fsp3) is 0.600. The molecule has 0 aliphatic heterocycles. The van der Waals surface area contributed by atoms with Crippen LogP contribution in [0.2, 0.25) is 0 Å². The minimum Gasteiger partial charge on any atom is -0.435 e. The summed E-state index contributed by atoms with van der Waals surface area (Å²) in [5, 5.41) is 3.51. The van der Waals surface area contributed by atoms with Crippen LogP contribution in [0.1, 0.15) is 46.2 Å². The van der Waals surface area contributed by atoms with Gasteiger partial charge in [-0.15, -0.1) is 0 Å². The normalized spacial score (nSPS) is 15.4. The Morgan fingerprint density at radius 3 is 2.00 bits per heavy atom. The van der Waals surface area contributed by atoms with Crippen LogP contribution in [0.4, 0.5) is 8.78 Å². The van der Waals surface area contributed by atoms with Crippen LogP contribution in [0.15, 0.2) is 24.3 Å². The first-order valence-electron chi connectivity index (χ1n) is 6.51. The van der Waals surface area contributed by atoms with Gasteiger partial charge >= 0.3 is 6.61 Å². The van der Waals surface area contributed by atoms with Gasteiger partial charge in [0.05, 0.1) is 0 Å². The molecule has 1 aromatic carbocycles. The molecule has 0 amide bonds. The number of alkyl halides is 2. The number of rotatable bonds is 5. The van der Waals surface area contributed by atoms with Gasteiger partial charge in [0.15, 0.2) is 0 Å². The maximum Gasteiger partial charge on any atom is 0.387 e. The van der Waals surface area contributed by atoms with E-state index in [0.29, 0.717) is 6.04 Å². The predicted molar refractivity (Wildman–Crippen MR) is 73.5 cm³/mol. The highest BCUT2D eigenvalue weighted by atomic mass is 19.3. The molecule has 0 heterocycles. The van der Waals surface area contributed by atoms with Crippen molar-refractivity contribution in [2.75, 3.05) is 0 Å². The molecule has 1 rings (SSSR count). The van der Waals surface area contributed by atoms with Crippen molar-refractivity contribution in [1.82, 2.24) is 5.32 Å². The Balaban J connectivity index is 2.65. The first-order valence-corrected chi connectivity index (χ1v) is 6.51. The van der Waals surface area contributed by atoms with Gasteiger partial charge in [-0.3, -0.25) is 0 Å². The van der Waals surface area contributed by atoms with E-state index in [0.717, 1.165) is 5.56 Å². The molecule has 4 heteroatoms. The van der Waals surface area contributed by atoms with Crippen LogP contribution in [0.5, 0.6) is 5.75 Å². The molecule has 19 heavy (non-hydrogen) atoms. The zero-order valence-electron chi connectivity index (χ0n) is 12.2. The van der Waals surface area contributed by atoms with Gasteiger partial charge in [-0.2, -0.15) is 8.78 Å². The summed E-state index contributed by atoms with van der Waals surface area (Å²) in [6.45, 7) is 7.96. The van der Waals surface area contributed by atoms with E-state index in [1.165, 1.54) is 0 Å². The molecule has 0 aromatic heterocycles. The second-order valence-electron chi connectivity index (χ2n) is 5.92. The van der Waals surface area contributed by atoms with Gasteiger partial charge in [0.2, 0.25) is 0 Å². The number of ether oxygens (including phenoxy) is 1. The van der Waals surface area contributed by atoms with Gasteiger partial charge in [0, 0.05) is 12.1 Å². The minimum absolute atomic E-state index is 0.162. The molecule has 2 nitrogen and oxygen atoms in total. The van der Waals surface area contributed by atoms with Gasteiger partial charge in [-0.1, -0.05) is 32.9 Å². The van der Waals surface area contributed by atoms with Crippen molar-refractivity contribution in [2.24, 2.45) is 5.41 Å². The zero-order valence-corrected chi connectivity index (χ0v) is 12.2. The first-order chi connectivity index (χ1) is 8.70. The van der Waals surface area contributed by atoms with Crippen molar-refractivity contribution < 1.29 is 13.5 Å². The number of halogens is 2. The van der Waals surface area contributed by atoms with Crippen LogP contribution in [-0.4, -0.2) is 12.7 Å². The Morgan fingerprint density at radius 2 is 1.58 bits per heavy atom. The summed E-state index contributed by atoms with van der Waals surface area (Å²) < 4.78 is 28.4. The number of hydrogen-bond donors (Lipinski definition) is 1. The van der Waals surface area contributed by atoms with Crippen LogP contribution >= 0.6 is 0 Å². The van der Waals surface area contributed by atoms with Gasteiger partial charge < -0.3 is 10.1 Å². The molecule has 0 bridgehead atoms. The number of hydrogen-bond acceptors (Lipinski definition) is 2. The summed E-state index contributed by atoms with van der Waals surface area (Å²) in [6.07, 6.45) is 0. The van der Waals surface area contributed by atoms with Crippen LogP contribution in [0.3, 0.4) is 0 Å². The van der Waals surface area contributed by atoms with Crippen molar-refractivity contribution in [1.29, 1.82) is 0 Å².